The fourth-order valence-electron chi connectivity index (χ4n) is 4.83. The van der Waals surface area contributed by atoms with Gasteiger partial charge in [0.2, 0.25) is 5.91 Å². The minimum Gasteiger partial charge on any atom is -0.368 e. The van der Waals surface area contributed by atoms with Gasteiger partial charge in [-0.05, 0) is 63.0 Å². The summed E-state index contributed by atoms with van der Waals surface area (Å²) < 4.78 is 6.08. The lowest BCUT2D eigenvalue weighted by Gasteiger charge is -2.36. The molecule has 0 aromatic rings. The molecule has 1 amide bonds. The van der Waals surface area contributed by atoms with Crippen molar-refractivity contribution in [2.75, 3.05) is 18.9 Å². The van der Waals surface area contributed by atoms with Crippen LogP contribution in [0.4, 0.5) is 0 Å². The molecule has 4 heteroatoms. The van der Waals surface area contributed by atoms with Crippen LogP contribution >= 0.6 is 11.8 Å². The van der Waals surface area contributed by atoms with Gasteiger partial charge in [-0.25, -0.2) is 0 Å². The third-order valence-electron chi connectivity index (χ3n) is 6.57. The molecule has 3 rings (SSSR count). The number of carbonyl (C=O) groups is 1. The summed E-state index contributed by atoms with van der Waals surface area (Å²) >= 11 is 2.07. The van der Waals surface area contributed by atoms with Gasteiger partial charge < -0.3 is 9.64 Å². The molecule has 144 valence electrons. The minimum absolute atomic E-state index is 0.261. The molecule has 1 unspecified atom stereocenters. The van der Waals surface area contributed by atoms with Crippen molar-refractivity contribution in [3.8, 4) is 0 Å². The van der Waals surface area contributed by atoms with Crippen LogP contribution in [0.3, 0.4) is 0 Å². The third-order valence-corrected chi connectivity index (χ3v) is 7.95. The van der Waals surface area contributed by atoms with Gasteiger partial charge in [-0.2, -0.15) is 11.8 Å². The van der Waals surface area contributed by atoms with Crippen LogP contribution in [0.25, 0.3) is 0 Å². The van der Waals surface area contributed by atoms with Crippen molar-refractivity contribution in [1.29, 1.82) is 0 Å². The van der Waals surface area contributed by atoms with Crippen LogP contribution in [0.15, 0.2) is 0 Å². The number of carbonyl (C=O) groups excluding carboxylic acids is 1. The first-order chi connectivity index (χ1) is 12.3. The van der Waals surface area contributed by atoms with Gasteiger partial charge in [0.25, 0.3) is 0 Å². The van der Waals surface area contributed by atoms with Crippen LogP contribution in [0, 0.1) is 5.92 Å². The van der Waals surface area contributed by atoms with E-state index in [4.69, 9.17) is 4.74 Å². The average molecular weight is 368 g/mol. The highest BCUT2D eigenvalue weighted by Gasteiger charge is 2.30. The normalized spacial score (nSPS) is 31.2. The average Bonchev–Trinajstić information content (AvgIpc) is 3.18. The summed E-state index contributed by atoms with van der Waals surface area (Å²) in [6.45, 7) is 3.56. The van der Waals surface area contributed by atoms with Crippen molar-refractivity contribution < 1.29 is 9.53 Å². The summed E-state index contributed by atoms with van der Waals surface area (Å²) in [4.78, 5) is 15.2. The zero-order chi connectivity index (χ0) is 17.5. The zero-order valence-electron chi connectivity index (χ0n) is 16.1. The number of ether oxygens (including phenoxy) is 1. The summed E-state index contributed by atoms with van der Waals surface area (Å²) in [5.41, 5.74) is 0. The van der Waals surface area contributed by atoms with E-state index >= 15 is 0 Å². The Kier molecular flexibility index (Phi) is 7.97. The standard InChI is InChI=1S/C21H37NO2S/c1-2-17-10-12-19(13-11-17)24-16-21(23)22(15-20-9-6-14-25-20)18-7-4-3-5-8-18/h17-20H,2-16H2,1H3. The van der Waals surface area contributed by atoms with E-state index in [9.17, 15) is 4.79 Å². The highest BCUT2D eigenvalue weighted by Crippen LogP contribution is 2.31. The van der Waals surface area contributed by atoms with Gasteiger partial charge in [0, 0.05) is 17.8 Å². The zero-order valence-corrected chi connectivity index (χ0v) is 16.9. The van der Waals surface area contributed by atoms with Gasteiger partial charge in [0.05, 0.1) is 6.10 Å². The molecule has 1 atom stereocenters. The second-order valence-corrected chi connectivity index (χ2v) is 9.74. The Labute approximate surface area is 158 Å². The Morgan fingerprint density at radius 3 is 2.40 bits per heavy atom. The van der Waals surface area contributed by atoms with E-state index < -0.39 is 0 Å². The third kappa shape index (κ3) is 5.89. The van der Waals surface area contributed by atoms with E-state index in [0.29, 0.717) is 24.0 Å². The van der Waals surface area contributed by atoms with Crippen molar-refractivity contribution in [2.24, 2.45) is 5.92 Å². The van der Waals surface area contributed by atoms with Gasteiger partial charge in [-0.3, -0.25) is 4.79 Å². The van der Waals surface area contributed by atoms with Crippen molar-refractivity contribution in [1.82, 2.24) is 4.90 Å². The molecule has 1 heterocycles. The van der Waals surface area contributed by atoms with Crippen LogP contribution in [0.2, 0.25) is 0 Å². The molecule has 25 heavy (non-hydrogen) atoms. The van der Waals surface area contributed by atoms with Crippen LogP contribution in [0.5, 0.6) is 0 Å². The molecule has 0 aromatic heterocycles. The Balaban J connectivity index is 1.49. The quantitative estimate of drug-likeness (QED) is 0.632. The molecule has 0 spiro atoms. The predicted molar refractivity (Wildman–Crippen MR) is 106 cm³/mol. The predicted octanol–water partition coefficient (Wildman–Crippen LogP) is 5.03. The van der Waals surface area contributed by atoms with Crippen LogP contribution in [-0.2, 0) is 9.53 Å². The van der Waals surface area contributed by atoms with Crippen molar-refractivity contribution in [2.45, 2.75) is 101 Å². The summed E-state index contributed by atoms with van der Waals surface area (Å²) in [6.07, 6.45) is 15.4. The molecule has 1 saturated heterocycles. The van der Waals surface area contributed by atoms with E-state index in [1.165, 1.54) is 70.0 Å². The van der Waals surface area contributed by atoms with E-state index in [0.717, 1.165) is 25.3 Å². The van der Waals surface area contributed by atoms with E-state index in [2.05, 4.69) is 23.6 Å². The molecule has 1 aliphatic heterocycles. The smallest absolute Gasteiger partial charge is 0.248 e. The molecule has 0 N–H and O–H groups in total. The monoisotopic (exact) mass is 367 g/mol. The topological polar surface area (TPSA) is 29.5 Å². The lowest BCUT2D eigenvalue weighted by Crippen LogP contribution is -2.46. The van der Waals surface area contributed by atoms with E-state index in [1.807, 2.05) is 0 Å². The maximum absolute atomic E-state index is 13.0. The fraction of sp³-hybridized carbons (Fsp3) is 0.952. The Morgan fingerprint density at radius 2 is 1.76 bits per heavy atom. The highest BCUT2D eigenvalue weighted by molar-refractivity contribution is 8.00. The number of amides is 1. The van der Waals surface area contributed by atoms with E-state index in [-0.39, 0.29) is 5.91 Å². The van der Waals surface area contributed by atoms with Gasteiger partial charge in [0.1, 0.15) is 6.61 Å². The molecule has 3 nitrogen and oxygen atoms in total. The highest BCUT2D eigenvalue weighted by atomic mass is 32.2. The van der Waals surface area contributed by atoms with Gasteiger partial charge >= 0.3 is 0 Å². The van der Waals surface area contributed by atoms with Gasteiger partial charge in [-0.15, -0.1) is 0 Å². The molecule has 3 aliphatic rings. The summed E-state index contributed by atoms with van der Waals surface area (Å²) in [6, 6.07) is 0.474. The molecule has 0 bridgehead atoms. The largest absolute Gasteiger partial charge is 0.368 e. The molecule has 3 fully saturated rings. The Hall–Kier alpha value is -0.220. The number of hydrogen-bond acceptors (Lipinski definition) is 3. The number of hydrogen-bond donors (Lipinski definition) is 0. The molecule has 2 saturated carbocycles. The summed E-state index contributed by atoms with van der Waals surface area (Å²) in [5, 5.41) is 0.658. The molecular formula is C21H37NO2S. The second-order valence-electron chi connectivity index (χ2n) is 8.33. The minimum atomic E-state index is 0.261. The van der Waals surface area contributed by atoms with Crippen molar-refractivity contribution in [3.63, 3.8) is 0 Å². The summed E-state index contributed by atoms with van der Waals surface area (Å²) in [7, 11) is 0. The van der Waals surface area contributed by atoms with Crippen LogP contribution in [-0.4, -0.2) is 47.1 Å². The SMILES string of the molecule is CCC1CCC(OCC(=O)N(CC2CCCS2)C2CCCCC2)CC1. The molecule has 2 aliphatic carbocycles. The van der Waals surface area contributed by atoms with Crippen molar-refractivity contribution in [3.05, 3.63) is 0 Å². The Bertz CT molecular complexity index is 397. The maximum atomic E-state index is 13.0. The van der Waals surface area contributed by atoms with Crippen LogP contribution in [0.1, 0.15) is 84.0 Å². The number of nitrogens with zero attached hydrogens (tertiary/aromatic N) is 1. The number of rotatable bonds is 7. The molecule has 0 radical (unpaired) electrons. The maximum Gasteiger partial charge on any atom is 0.248 e. The van der Waals surface area contributed by atoms with Gasteiger partial charge in [0.15, 0.2) is 0 Å². The lowest BCUT2D eigenvalue weighted by atomic mass is 9.86. The molecule has 0 aromatic carbocycles. The lowest BCUT2D eigenvalue weighted by molar-refractivity contribution is -0.142. The first-order valence-electron chi connectivity index (χ1n) is 10.8. The van der Waals surface area contributed by atoms with Gasteiger partial charge in [-0.1, -0.05) is 32.6 Å². The summed E-state index contributed by atoms with van der Waals surface area (Å²) in [5.74, 6) is 2.42. The first kappa shape index (κ1) is 19.5. The first-order valence-corrected chi connectivity index (χ1v) is 11.8. The van der Waals surface area contributed by atoms with Crippen LogP contribution < -0.4 is 0 Å². The van der Waals surface area contributed by atoms with Crippen molar-refractivity contribution >= 4 is 17.7 Å². The second kappa shape index (κ2) is 10.2. The molecular weight excluding hydrogens is 330 g/mol. The van der Waals surface area contributed by atoms with E-state index in [1.54, 1.807) is 0 Å². The Morgan fingerprint density at radius 1 is 1.00 bits per heavy atom. The number of thioether (sulfide) groups is 1. The fourth-order valence-corrected chi connectivity index (χ4v) is 6.10.